The third kappa shape index (κ3) is 3.25. The molecule has 1 aromatic rings. The van der Waals surface area contributed by atoms with Crippen LogP contribution < -0.4 is 0 Å². The van der Waals surface area contributed by atoms with E-state index in [0.717, 1.165) is 6.07 Å². The van der Waals surface area contributed by atoms with Crippen LogP contribution in [0.25, 0.3) is 0 Å². The lowest BCUT2D eigenvalue weighted by molar-refractivity contribution is 0.0732. The lowest BCUT2D eigenvalue weighted by Crippen LogP contribution is -2.43. The van der Waals surface area contributed by atoms with E-state index in [-0.39, 0.29) is 6.61 Å². The number of rotatable bonds is 4. The molecular weight excluding hydrogens is 212 g/mol. The van der Waals surface area contributed by atoms with Crippen molar-refractivity contribution in [3.8, 4) is 0 Å². The van der Waals surface area contributed by atoms with Gasteiger partial charge < -0.3 is 5.11 Å². The molecule has 0 aromatic heterocycles. The summed E-state index contributed by atoms with van der Waals surface area (Å²) in [6.07, 6.45) is 0. The molecule has 0 atom stereocenters. The van der Waals surface area contributed by atoms with E-state index in [1.807, 2.05) is 18.7 Å². The fourth-order valence-corrected chi connectivity index (χ4v) is 1.31. The highest BCUT2D eigenvalue weighted by atomic mass is 19.1. The average Bonchev–Trinajstić information content (AvgIpc) is 2.15. The van der Waals surface area contributed by atoms with Gasteiger partial charge in [-0.05, 0) is 38.6 Å². The Balaban J connectivity index is 2.80. The molecule has 1 aromatic carbocycles. The van der Waals surface area contributed by atoms with Gasteiger partial charge in [0.2, 0.25) is 0 Å². The first-order chi connectivity index (χ1) is 7.35. The Hall–Kier alpha value is -1.00. The Kier molecular flexibility index (Phi) is 3.99. The van der Waals surface area contributed by atoms with Crippen LogP contribution in [-0.2, 0) is 6.54 Å². The Morgan fingerprint density at radius 2 is 1.69 bits per heavy atom. The fourth-order valence-electron chi connectivity index (χ4n) is 1.31. The molecule has 4 heteroatoms. The summed E-state index contributed by atoms with van der Waals surface area (Å²) >= 11 is 0. The van der Waals surface area contributed by atoms with E-state index in [0.29, 0.717) is 12.1 Å². The van der Waals surface area contributed by atoms with Gasteiger partial charge in [0.1, 0.15) is 11.6 Å². The van der Waals surface area contributed by atoms with Gasteiger partial charge in [-0.1, -0.05) is 0 Å². The van der Waals surface area contributed by atoms with Gasteiger partial charge in [0.15, 0.2) is 0 Å². The van der Waals surface area contributed by atoms with Crippen molar-refractivity contribution in [2.75, 3.05) is 13.7 Å². The molecule has 0 saturated heterocycles. The second-order valence-corrected chi connectivity index (χ2v) is 4.60. The number of aliphatic hydroxyl groups excluding tert-OH is 1. The van der Waals surface area contributed by atoms with Crippen molar-refractivity contribution >= 4 is 0 Å². The minimum atomic E-state index is -0.579. The van der Waals surface area contributed by atoms with E-state index < -0.39 is 17.2 Å². The van der Waals surface area contributed by atoms with Gasteiger partial charge in [-0.25, -0.2) is 8.78 Å². The zero-order chi connectivity index (χ0) is 12.3. The largest absolute Gasteiger partial charge is 0.394 e. The van der Waals surface area contributed by atoms with Gasteiger partial charge in [-0.2, -0.15) is 0 Å². The molecule has 1 rings (SSSR count). The fraction of sp³-hybridized carbons (Fsp3) is 0.500. The Morgan fingerprint density at radius 1 is 1.19 bits per heavy atom. The molecule has 0 aliphatic rings. The first kappa shape index (κ1) is 13.1. The second-order valence-electron chi connectivity index (χ2n) is 4.60. The lowest BCUT2D eigenvalue weighted by Gasteiger charge is -2.33. The quantitative estimate of drug-likeness (QED) is 0.855. The number of nitrogens with zero attached hydrogens (tertiary/aromatic N) is 1. The lowest BCUT2D eigenvalue weighted by atomic mass is 10.0. The number of halogens is 2. The van der Waals surface area contributed by atoms with Crippen molar-refractivity contribution in [1.82, 2.24) is 4.90 Å². The van der Waals surface area contributed by atoms with E-state index >= 15 is 0 Å². The topological polar surface area (TPSA) is 23.5 Å². The maximum Gasteiger partial charge on any atom is 0.126 e. The summed E-state index contributed by atoms with van der Waals surface area (Å²) in [7, 11) is 1.80. The molecule has 1 N–H and O–H groups in total. The van der Waals surface area contributed by atoms with Crippen LogP contribution in [0.2, 0.25) is 0 Å². The van der Waals surface area contributed by atoms with Gasteiger partial charge in [0.05, 0.1) is 6.61 Å². The van der Waals surface area contributed by atoms with E-state index in [1.165, 1.54) is 12.1 Å². The third-order valence-electron chi connectivity index (χ3n) is 2.76. The molecule has 0 unspecified atom stereocenters. The molecule has 0 heterocycles. The van der Waals surface area contributed by atoms with Crippen LogP contribution in [0.4, 0.5) is 8.78 Å². The maximum absolute atomic E-state index is 12.9. The minimum Gasteiger partial charge on any atom is -0.394 e. The van der Waals surface area contributed by atoms with Gasteiger partial charge in [0, 0.05) is 18.2 Å². The zero-order valence-corrected chi connectivity index (χ0v) is 9.80. The highest BCUT2D eigenvalue weighted by Gasteiger charge is 2.22. The van der Waals surface area contributed by atoms with Crippen LogP contribution >= 0.6 is 0 Å². The molecule has 0 amide bonds. The first-order valence-electron chi connectivity index (χ1n) is 5.12. The minimum absolute atomic E-state index is 0.0126. The second kappa shape index (κ2) is 4.89. The number of benzene rings is 1. The molecule has 90 valence electrons. The Morgan fingerprint density at radius 3 is 2.12 bits per heavy atom. The van der Waals surface area contributed by atoms with E-state index in [1.54, 1.807) is 7.05 Å². The standard InChI is InChI=1S/C12H17F2NO/c1-12(2,8-16)15(3)7-9-4-10(13)6-11(14)5-9/h4-6,16H,7-8H2,1-3H3. The SMILES string of the molecule is CN(Cc1cc(F)cc(F)c1)C(C)(C)CO. The van der Waals surface area contributed by atoms with Gasteiger partial charge in [-0.3, -0.25) is 4.90 Å². The normalized spacial score (nSPS) is 12.2. The summed E-state index contributed by atoms with van der Waals surface area (Å²) in [6.45, 7) is 4.11. The summed E-state index contributed by atoms with van der Waals surface area (Å²) in [4.78, 5) is 1.85. The average molecular weight is 229 g/mol. The van der Waals surface area contributed by atoms with Crippen molar-refractivity contribution in [2.24, 2.45) is 0 Å². The van der Waals surface area contributed by atoms with Crippen LogP contribution in [0.5, 0.6) is 0 Å². The molecule has 0 aliphatic heterocycles. The number of hydrogen-bond donors (Lipinski definition) is 1. The van der Waals surface area contributed by atoms with Crippen LogP contribution in [0, 0.1) is 11.6 Å². The predicted octanol–water partition coefficient (Wildman–Crippen LogP) is 2.17. The van der Waals surface area contributed by atoms with Crippen LogP contribution in [0.15, 0.2) is 18.2 Å². The summed E-state index contributed by atoms with van der Waals surface area (Å²) in [5.41, 5.74) is 0.143. The summed E-state index contributed by atoms with van der Waals surface area (Å²) in [5, 5.41) is 9.16. The monoisotopic (exact) mass is 229 g/mol. The molecule has 2 nitrogen and oxygen atoms in total. The molecular formula is C12H17F2NO. The molecule has 16 heavy (non-hydrogen) atoms. The smallest absolute Gasteiger partial charge is 0.126 e. The highest BCUT2D eigenvalue weighted by Crippen LogP contribution is 2.16. The van der Waals surface area contributed by atoms with Crippen molar-refractivity contribution in [3.63, 3.8) is 0 Å². The van der Waals surface area contributed by atoms with Crippen molar-refractivity contribution in [1.29, 1.82) is 0 Å². The van der Waals surface area contributed by atoms with Crippen LogP contribution in [0.3, 0.4) is 0 Å². The van der Waals surface area contributed by atoms with E-state index in [2.05, 4.69) is 0 Å². The van der Waals surface area contributed by atoms with E-state index in [9.17, 15) is 8.78 Å². The highest BCUT2D eigenvalue weighted by molar-refractivity contribution is 5.18. The predicted molar refractivity (Wildman–Crippen MR) is 59.0 cm³/mol. The summed E-state index contributed by atoms with van der Waals surface area (Å²) in [5.74, 6) is -1.16. The van der Waals surface area contributed by atoms with Crippen molar-refractivity contribution in [3.05, 3.63) is 35.4 Å². The number of aliphatic hydroxyl groups is 1. The van der Waals surface area contributed by atoms with Crippen LogP contribution in [0.1, 0.15) is 19.4 Å². The number of likely N-dealkylation sites (N-methyl/N-ethyl adjacent to an activating group) is 1. The summed E-state index contributed by atoms with van der Waals surface area (Å²) in [6, 6.07) is 3.45. The van der Waals surface area contributed by atoms with Crippen molar-refractivity contribution in [2.45, 2.75) is 25.9 Å². The summed E-state index contributed by atoms with van der Waals surface area (Å²) < 4.78 is 25.9. The van der Waals surface area contributed by atoms with Crippen LogP contribution in [-0.4, -0.2) is 29.2 Å². The van der Waals surface area contributed by atoms with Crippen molar-refractivity contribution < 1.29 is 13.9 Å². The van der Waals surface area contributed by atoms with Gasteiger partial charge in [-0.15, -0.1) is 0 Å². The number of hydrogen-bond acceptors (Lipinski definition) is 2. The van der Waals surface area contributed by atoms with Gasteiger partial charge in [0.25, 0.3) is 0 Å². The molecule has 0 radical (unpaired) electrons. The Labute approximate surface area is 94.5 Å². The molecule has 0 saturated carbocycles. The zero-order valence-electron chi connectivity index (χ0n) is 9.80. The molecule has 0 aliphatic carbocycles. The first-order valence-corrected chi connectivity index (χ1v) is 5.12. The van der Waals surface area contributed by atoms with E-state index in [4.69, 9.17) is 5.11 Å². The molecule has 0 spiro atoms. The van der Waals surface area contributed by atoms with Gasteiger partial charge >= 0.3 is 0 Å². The Bertz CT molecular complexity index is 346. The molecule has 0 bridgehead atoms. The maximum atomic E-state index is 12.9. The molecule has 0 fully saturated rings. The third-order valence-corrected chi connectivity index (χ3v) is 2.76.